The minimum atomic E-state index is -0.0479. The SMILES string of the molecule is CCc1ccc2nc(N(Cc3ccccc3)C(=O)c3ccc(-c4ccccc4)cc3)sc2c1. The molecule has 0 aliphatic heterocycles. The van der Waals surface area contributed by atoms with Gasteiger partial charge in [0, 0.05) is 5.56 Å². The maximum Gasteiger partial charge on any atom is 0.260 e. The number of aryl methyl sites for hydroxylation is 1. The second kappa shape index (κ2) is 9.39. The van der Waals surface area contributed by atoms with Crippen LogP contribution in [0, 0.1) is 0 Å². The average molecular weight is 449 g/mol. The van der Waals surface area contributed by atoms with Gasteiger partial charge >= 0.3 is 0 Å². The molecule has 0 saturated carbocycles. The maximum absolute atomic E-state index is 13.7. The van der Waals surface area contributed by atoms with E-state index in [0.29, 0.717) is 12.1 Å². The zero-order valence-corrected chi connectivity index (χ0v) is 19.3. The Balaban J connectivity index is 1.50. The number of rotatable bonds is 6. The highest BCUT2D eigenvalue weighted by atomic mass is 32.1. The molecule has 0 fully saturated rings. The molecule has 4 aromatic carbocycles. The summed E-state index contributed by atoms with van der Waals surface area (Å²) in [6.07, 6.45) is 0.976. The summed E-state index contributed by atoms with van der Waals surface area (Å²) in [6, 6.07) is 34.4. The lowest BCUT2D eigenvalue weighted by molar-refractivity contribution is 0.0985. The van der Waals surface area contributed by atoms with E-state index in [-0.39, 0.29) is 5.91 Å². The zero-order valence-electron chi connectivity index (χ0n) is 18.4. The van der Waals surface area contributed by atoms with Gasteiger partial charge in [0.1, 0.15) is 0 Å². The molecule has 0 bridgehead atoms. The van der Waals surface area contributed by atoms with Crippen LogP contribution >= 0.6 is 11.3 Å². The van der Waals surface area contributed by atoms with E-state index in [1.807, 2.05) is 78.9 Å². The molecule has 0 atom stereocenters. The zero-order chi connectivity index (χ0) is 22.6. The second-order valence-electron chi connectivity index (χ2n) is 7.97. The summed E-state index contributed by atoms with van der Waals surface area (Å²) in [6.45, 7) is 2.62. The predicted octanol–water partition coefficient (Wildman–Crippen LogP) is 7.37. The van der Waals surface area contributed by atoms with Crippen LogP contribution in [0.1, 0.15) is 28.4 Å². The van der Waals surface area contributed by atoms with E-state index < -0.39 is 0 Å². The fourth-order valence-corrected chi connectivity index (χ4v) is 4.90. The fourth-order valence-electron chi connectivity index (χ4n) is 3.88. The molecule has 0 unspecified atom stereocenters. The van der Waals surface area contributed by atoms with Crippen LogP contribution in [0.2, 0.25) is 0 Å². The van der Waals surface area contributed by atoms with Crippen molar-refractivity contribution in [1.29, 1.82) is 0 Å². The van der Waals surface area contributed by atoms with Crippen molar-refractivity contribution < 1.29 is 4.79 Å². The molecule has 0 radical (unpaired) electrons. The molecule has 5 aromatic rings. The number of hydrogen-bond acceptors (Lipinski definition) is 3. The highest BCUT2D eigenvalue weighted by molar-refractivity contribution is 7.22. The van der Waals surface area contributed by atoms with E-state index in [1.54, 1.807) is 16.2 Å². The first-order chi connectivity index (χ1) is 16.2. The first-order valence-corrected chi connectivity index (χ1v) is 11.9. The van der Waals surface area contributed by atoms with Gasteiger partial charge in [-0.15, -0.1) is 0 Å². The van der Waals surface area contributed by atoms with E-state index in [4.69, 9.17) is 4.98 Å². The van der Waals surface area contributed by atoms with E-state index >= 15 is 0 Å². The number of aromatic nitrogens is 1. The van der Waals surface area contributed by atoms with Crippen LogP contribution in [0.5, 0.6) is 0 Å². The smallest absolute Gasteiger partial charge is 0.260 e. The predicted molar refractivity (Wildman–Crippen MR) is 138 cm³/mol. The lowest BCUT2D eigenvalue weighted by atomic mass is 10.0. The largest absolute Gasteiger partial charge is 0.279 e. The molecule has 33 heavy (non-hydrogen) atoms. The third-order valence-electron chi connectivity index (χ3n) is 5.75. The van der Waals surface area contributed by atoms with Crippen molar-refractivity contribution in [1.82, 2.24) is 4.98 Å². The van der Waals surface area contributed by atoms with Crippen LogP contribution in [-0.4, -0.2) is 10.9 Å². The summed E-state index contributed by atoms with van der Waals surface area (Å²) in [5, 5.41) is 0.722. The lowest BCUT2D eigenvalue weighted by Crippen LogP contribution is -2.30. The Labute approximate surface area is 198 Å². The third kappa shape index (κ3) is 4.57. The van der Waals surface area contributed by atoms with Gasteiger partial charge in [0.2, 0.25) is 0 Å². The normalized spacial score (nSPS) is 10.9. The van der Waals surface area contributed by atoms with Crippen molar-refractivity contribution >= 4 is 32.6 Å². The fraction of sp³-hybridized carbons (Fsp3) is 0.103. The van der Waals surface area contributed by atoms with Gasteiger partial charge < -0.3 is 0 Å². The van der Waals surface area contributed by atoms with E-state index in [9.17, 15) is 4.79 Å². The maximum atomic E-state index is 13.7. The first-order valence-electron chi connectivity index (χ1n) is 11.1. The Morgan fingerprint density at radius 3 is 2.15 bits per heavy atom. The molecule has 162 valence electrons. The van der Waals surface area contributed by atoms with Crippen LogP contribution in [-0.2, 0) is 13.0 Å². The van der Waals surface area contributed by atoms with Gasteiger partial charge in [-0.25, -0.2) is 4.98 Å². The van der Waals surface area contributed by atoms with Gasteiger partial charge in [0.25, 0.3) is 5.91 Å². The number of hydrogen-bond donors (Lipinski definition) is 0. The molecule has 0 N–H and O–H groups in total. The second-order valence-corrected chi connectivity index (χ2v) is 8.98. The van der Waals surface area contributed by atoms with Crippen LogP contribution in [0.15, 0.2) is 103 Å². The van der Waals surface area contributed by atoms with Crippen molar-refractivity contribution in [3.8, 4) is 11.1 Å². The van der Waals surface area contributed by atoms with Gasteiger partial charge in [-0.05, 0) is 52.9 Å². The first kappa shape index (κ1) is 21.1. The van der Waals surface area contributed by atoms with Crippen molar-refractivity contribution in [2.75, 3.05) is 4.90 Å². The van der Waals surface area contributed by atoms with Crippen molar-refractivity contribution in [3.05, 3.63) is 120 Å². The number of nitrogens with zero attached hydrogens (tertiary/aromatic N) is 2. The summed E-state index contributed by atoms with van der Waals surface area (Å²) >= 11 is 1.57. The van der Waals surface area contributed by atoms with Crippen molar-refractivity contribution in [3.63, 3.8) is 0 Å². The third-order valence-corrected chi connectivity index (χ3v) is 6.79. The van der Waals surface area contributed by atoms with Crippen LogP contribution in [0.25, 0.3) is 21.3 Å². The van der Waals surface area contributed by atoms with Crippen LogP contribution in [0.3, 0.4) is 0 Å². The number of fused-ring (bicyclic) bond motifs is 1. The number of anilines is 1. The van der Waals surface area contributed by atoms with Gasteiger partial charge in [-0.3, -0.25) is 9.69 Å². The number of benzene rings is 4. The Morgan fingerprint density at radius 2 is 1.45 bits per heavy atom. The summed E-state index contributed by atoms with van der Waals surface area (Å²) in [7, 11) is 0. The lowest BCUT2D eigenvalue weighted by Gasteiger charge is -2.20. The molecule has 5 rings (SSSR count). The Morgan fingerprint density at radius 1 is 0.788 bits per heavy atom. The summed E-state index contributed by atoms with van der Waals surface area (Å²) in [5.74, 6) is -0.0479. The summed E-state index contributed by atoms with van der Waals surface area (Å²) in [4.78, 5) is 20.3. The molecule has 0 aliphatic carbocycles. The van der Waals surface area contributed by atoms with E-state index in [2.05, 4.69) is 31.2 Å². The van der Waals surface area contributed by atoms with Crippen molar-refractivity contribution in [2.45, 2.75) is 19.9 Å². The quantitative estimate of drug-likeness (QED) is 0.272. The molecule has 3 nitrogen and oxygen atoms in total. The molecule has 4 heteroatoms. The molecule has 1 aromatic heterocycles. The number of carbonyl (C=O) groups excluding carboxylic acids is 1. The van der Waals surface area contributed by atoms with E-state index in [1.165, 1.54) is 5.56 Å². The van der Waals surface area contributed by atoms with Crippen LogP contribution in [0.4, 0.5) is 5.13 Å². The molecule has 1 amide bonds. The minimum absolute atomic E-state index is 0.0479. The Bertz CT molecular complexity index is 1380. The Kier molecular flexibility index (Phi) is 6.01. The summed E-state index contributed by atoms with van der Waals surface area (Å²) < 4.78 is 1.11. The van der Waals surface area contributed by atoms with Gasteiger partial charge in [0.15, 0.2) is 5.13 Å². The van der Waals surface area contributed by atoms with Crippen molar-refractivity contribution in [2.24, 2.45) is 0 Å². The topological polar surface area (TPSA) is 33.2 Å². The van der Waals surface area contributed by atoms with Gasteiger partial charge in [-0.1, -0.05) is 97.1 Å². The highest BCUT2D eigenvalue weighted by Gasteiger charge is 2.22. The van der Waals surface area contributed by atoms with Gasteiger partial charge in [0.05, 0.1) is 16.8 Å². The van der Waals surface area contributed by atoms with Crippen LogP contribution < -0.4 is 4.90 Å². The molecular formula is C29H24N2OS. The van der Waals surface area contributed by atoms with Gasteiger partial charge in [-0.2, -0.15) is 0 Å². The van der Waals surface area contributed by atoms with E-state index in [0.717, 1.165) is 38.5 Å². The summed E-state index contributed by atoms with van der Waals surface area (Å²) in [5.41, 5.74) is 6.15. The standard InChI is InChI=1S/C29H24N2OS/c1-2-21-13-18-26-27(19-21)33-29(30-26)31(20-22-9-5-3-6-10-22)28(32)25-16-14-24(15-17-25)23-11-7-4-8-12-23/h3-19H,2,20H2,1H3. The number of thiazole rings is 1. The average Bonchev–Trinajstić information content (AvgIpc) is 3.31. The Hall–Kier alpha value is -3.76. The molecule has 1 heterocycles. The monoisotopic (exact) mass is 448 g/mol. The number of carbonyl (C=O) groups is 1. The molecular weight excluding hydrogens is 424 g/mol. The molecule has 0 spiro atoms. The number of amides is 1. The highest BCUT2D eigenvalue weighted by Crippen LogP contribution is 2.32. The molecule has 0 aliphatic rings. The minimum Gasteiger partial charge on any atom is -0.279 e. The molecule has 0 saturated heterocycles.